The summed E-state index contributed by atoms with van der Waals surface area (Å²) < 4.78 is 0. The van der Waals surface area contributed by atoms with E-state index in [1.165, 1.54) is 19.4 Å². The van der Waals surface area contributed by atoms with Gasteiger partial charge in [0.15, 0.2) is 0 Å². The molecule has 80 valence electrons. The van der Waals surface area contributed by atoms with Crippen LogP contribution in [0, 0.1) is 5.92 Å². The zero-order valence-electron chi connectivity index (χ0n) is 9.80. The van der Waals surface area contributed by atoms with Crippen LogP contribution in [0.25, 0.3) is 0 Å². The number of nitrogens with zero attached hydrogens (tertiary/aromatic N) is 1. The van der Waals surface area contributed by atoms with Crippen LogP contribution in [0.2, 0.25) is 0 Å². The number of rotatable bonds is 6. The molecule has 1 atom stereocenters. The van der Waals surface area contributed by atoms with Gasteiger partial charge in [-0.2, -0.15) is 12.6 Å². The second-order valence-corrected chi connectivity index (χ2v) is 4.87. The zero-order chi connectivity index (χ0) is 10.5. The van der Waals surface area contributed by atoms with Crippen molar-refractivity contribution in [1.82, 2.24) is 4.90 Å². The summed E-state index contributed by atoms with van der Waals surface area (Å²) in [4.78, 5) is 2.46. The van der Waals surface area contributed by atoms with E-state index in [9.17, 15) is 0 Å². The summed E-state index contributed by atoms with van der Waals surface area (Å²) in [5.41, 5.74) is 0.330. The zero-order valence-corrected chi connectivity index (χ0v) is 10.7. The lowest BCUT2D eigenvalue weighted by Gasteiger charge is -2.36. The maximum absolute atomic E-state index is 4.37. The van der Waals surface area contributed by atoms with Crippen molar-refractivity contribution in [3.63, 3.8) is 0 Å². The molecule has 0 rings (SSSR count). The standard InChI is InChI=1S/C11H25NS/c1-6-10(9-13)8-12(5)11(3,4)7-2/h10,13H,6-9H2,1-5H3. The summed E-state index contributed by atoms with van der Waals surface area (Å²) in [6.45, 7) is 10.3. The Kier molecular flexibility index (Phi) is 6.06. The van der Waals surface area contributed by atoms with Gasteiger partial charge in [-0.05, 0) is 39.0 Å². The number of hydrogen-bond acceptors (Lipinski definition) is 2. The molecule has 0 radical (unpaired) electrons. The van der Waals surface area contributed by atoms with E-state index in [0.717, 1.165) is 11.7 Å². The van der Waals surface area contributed by atoms with E-state index in [4.69, 9.17) is 0 Å². The van der Waals surface area contributed by atoms with Gasteiger partial charge in [-0.1, -0.05) is 20.3 Å². The van der Waals surface area contributed by atoms with Crippen molar-refractivity contribution in [2.45, 2.75) is 46.1 Å². The highest BCUT2D eigenvalue weighted by Gasteiger charge is 2.22. The molecule has 0 fully saturated rings. The summed E-state index contributed by atoms with van der Waals surface area (Å²) in [6.07, 6.45) is 2.43. The molecule has 0 amide bonds. The Morgan fingerprint density at radius 3 is 2.15 bits per heavy atom. The fourth-order valence-corrected chi connectivity index (χ4v) is 1.59. The van der Waals surface area contributed by atoms with Crippen LogP contribution in [0.5, 0.6) is 0 Å². The molecule has 0 aliphatic rings. The van der Waals surface area contributed by atoms with E-state index >= 15 is 0 Å². The molecule has 0 saturated heterocycles. The Bertz CT molecular complexity index is 130. The minimum atomic E-state index is 0.330. The first-order valence-corrected chi connectivity index (χ1v) is 5.93. The van der Waals surface area contributed by atoms with E-state index in [1.807, 2.05) is 0 Å². The highest BCUT2D eigenvalue weighted by atomic mass is 32.1. The maximum Gasteiger partial charge on any atom is 0.0147 e. The predicted molar refractivity (Wildman–Crippen MR) is 64.6 cm³/mol. The normalized spacial score (nSPS) is 15.0. The molecule has 2 heteroatoms. The third-order valence-electron chi connectivity index (χ3n) is 3.27. The van der Waals surface area contributed by atoms with Crippen LogP contribution in [0.1, 0.15) is 40.5 Å². The molecule has 0 aromatic rings. The van der Waals surface area contributed by atoms with Gasteiger partial charge < -0.3 is 4.90 Å². The van der Waals surface area contributed by atoms with Crippen LogP contribution in [-0.4, -0.2) is 29.8 Å². The van der Waals surface area contributed by atoms with Crippen LogP contribution in [0.4, 0.5) is 0 Å². The summed E-state index contributed by atoms with van der Waals surface area (Å²) in [5.74, 6) is 1.74. The largest absolute Gasteiger partial charge is 0.301 e. The van der Waals surface area contributed by atoms with Gasteiger partial charge in [-0.3, -0.25) is 0 Å². The molecule has 0 aromatic carbocycles. The van der Waals surface area contributed by atoms with Crippen LogP contribution >= 0.6 is 12.6 Å². The topological polar surface area (TPSA) is 3.24 Å². The Morgan fingerprint density at radius 2 is 1.85 bits per heavy atom. The van der Waals surface area contributed by atoms with E-state index in [2.05, 4.69) is 52.3 Å². The van der Waals surface area contributed by atoms with Gasteiger partial charge in [0.25, 0.3) is 0 Å². The second kappa shape index (κ2) is 5.92. The van der Waals surface area contributed by atoms with Gasteiger partial charge in [-0.25, -0.2) is 0 Å². The van der Waals surface area contributed by atoms with Gasteiger partial charge in [0.1, 0.15) is 0 Å². The molecule has 0 N–H and O–H groups in total. The van der Waals surface area contributed by atoms with Crippen molar-refractivity contribution < 1.29 is 0 Å². The van der Waals surface area contributed by atoms with Crippen LogP contribution in [0.15, 0.2) is 0 Å². The molecule has 0 saturated carbocycles. The van der Waals surface area contributed by atoms with Crippen molar-refractivity contribution in [3.05, 3.63) is 0 Å². The van der Waals surface area contributed by atoms with Crippen molar-refractivity contribution in [1.29, 1.82) is 0 Å². The summed E-state index contributed by atoms with van der Waals surface area (Å²) in [7, 11) is 2.22. The highest BCUT2D eigenvalue weighted by Crippen LogP contribution is 2.19. The molecular weight excluding hydrogens is 178 g/mol. The first kappa shape index (κ1) is 13.3. The average Bonchev–Trinajstić information content (AvgIpc) is 2.13. The predicted octanol–water partition coefficient (Wildman–Crippen LogP) is 3.06. The van der Waals surface area contributed by atoms with Gasteiger partial charge in [0.2, 0.25) is 0 Å². The lowest BCUT2D eigenvalue weighted by atomic mass is 9.97. The molecule has 0 aliphatic carbocycles. The summed E-state index contributed by atoms with van der Waals surface area (Å²) in [5, 5.41) is 0. The van der Waals surface area contributed by atoms with Crippen LogP contribution < -0.4 is 0 Å². The van der Waals surface area contributed by atoms with Crippen LogP contribution in [-0.2, 0) is 0 Å². The molecular formula is C11H25NS. The highest BCUT2D eigenvalue weighted by molar-refractivity contribution is 7.80. The van der Waals surface area contributed by atoms with Gasteiger partial charge >= 0.3 is 0 Å². The molecule has 0 heterocycles. The first-order valence-electron chi connectivity index (χ1n) is 5.30. The van der Waals surface area contributed by atoms with E-state index < -0.39 is 0 Å². The third-order valence-corrected chi connectivity index (χ3v) is 3.78. The Morgan fingerprint density at radius 1 is 1.31 bits per heavy atom. The van der Waals surface area contributed by atoms with Crippen molar-refractivity contribution in [3.8, 4) is 0 Å². The molecule has 0 aromatic heterocycles. The molecule has 1 nitrogen and oxygen atoms in total. The fourth-order valence-electron chi connectivity index (χ4n) is 1.22. The summed E-state index contributed by atoms with van der Waals surface area (Å²) >= 11 is 4.37. The van der Waals surface area contributed by atoms with Crippen LogP contribution in [0.3, 0.4) is 0 Å². The third kappa shape index (κ3) is 4.37. The molecule has 1 unspecified atom stereocenters. The fraction of sp³-hybridized carbons (Fsp3) is 1.00. The minimum Gasteiger partial charge on any atom is -0.301 e. The van der Waals surface area contributed by atoms with Gasteiger partial charge in [0.05, 0.1) is 0 Å². The first-order chi connectivity index (χ1) is 5.97. The van der Waals surface area contributed by atoms with Gasteiger partial charge in [-0.15, -0.1) is 0 Å². The maximum atomic E-state index is 4.37. The lowest BCUT2D eigenvalue weighted by molar-refractivity contribution is 0.131. The molecule has 0 aliphatic heterocycles. The average molecular weight is 203 g/mol. The van der Waals surface area contributed by atoms with Crippen molar-refractivity contribution in [2.24, 2.45) is 5.92 Å². The van der Waals surface area contributed by atoms with Crippen molar-refractivity contribution >= 4 is 12.6 Å². The quantitative estimate of drug-likeness (QED) is 0.649. The Labute approximate surface area is 89.3 Å². The lowest BCUT2D eigenvalue weighted by Crippen LogP contribution is -2.43. The SMILES string of the molecule is CCC(CS)CN(C)C(C)(C)CC. The van der Waals surface area contributed by atoms with E-state index in [0.29, 0.717) is 5.54 Å². The van der Waals surface area contributed by atoms with Gasteiger partial charge in [0, 0.05) is 12.1 Å². The number of hydrogen-bond donors (Lipinski definition) is 1. The van der Waals surface area contributed by atoms with E-state index in [-0.39, 0.29) is 0 Å². The monoisotopic (exact) mass is 203 g/mol. The molecule has 0 spiro atoms. The molecule has 13 heavy (non-hydrogen) atoms. The Balaban J connectivity index is 4.04. The minimum absolute atomic E-state index is 0.330. The Hall–Kier alpha value is 0.310. The van der Waals surface area contributed by atoms with Crippen molar-refractivity contribution in [2.75, 3.05) is 19.3 Å². The van der Waals surface area contributed by atoms with E-state index in [1.54, 1.807) is 0 Å². The molecule has 0 bridgehead atoms. The summed E-state index contributed by atoms with van der Waals surface area (Å²) in [6, 6.07) is 0. The number of thiol groups is 1. The second-order valence-electron chi connectivity index (χ2n) is 4.50. The smallest absolute Gasteiger partial charge is 0.0147 e.